The Morgan fingerprint density at radius 1 is 1.35 bits per heavy atom. The fraction of sp³-hybridized carbons (Fsp3) is 0.923. The van der Waals surface area contributed by atoms with Gasteiger partial charge in [0, 0.05) is 13.1 Å². The van der Waals surface area contributed by atoms with Gasteiger partial charge in [-0.25, -0.2) is 0 Å². The summed E-state index contributed by atoms with van der Waals surface area (Å²) in [5.41, 5.74) is 5.89. The van der Waals surface area contributed by atoms with E-state index in [0.29, 0.717) is 12.5 Å². The molecule has 0 saturated carbocycles. The molecular weight excluding hydrogens is 214 g/mol. The molecule has 4 heteroatoms. The summed E-state index contributed by atoms with van der Waals surface area (Å²) in [5, 5.41) is 2.94. The van der Waals surface area contributed by atoms with E-state index >= 15 is 0 Å². The molecule has 0 rings (SSSR count). The minimum atomic E-state index is -0.384. The lowest BCUT2D eigenvalue weighted by atomic mass is 9.92. The van der Waals surface area contributed by atoms with Crippen LogP contribution in [0.5, 0.6) is 0 Å². The summed E-state index contributed by atoms with van der Waals surface area (Å²) in [6.07, 6.45) is 0.736. The van der Waals surface area contributed by atoms with Crippen molar-refractivity contribution in [1.82, 2.24) is 10.2 Å². The number of amides is 1. The Labute approximate surface area is 106 Å². The lowest BCUT2D eigenvalue weighted by molar-refractivity contribution is -0.123. The van der Waals surface area contributed by atoms with Crippen molar-refractivity contribution >= 4 is 5.91 Å². The molecule has 0 aromatic carbocycles. The lowest BCUT2D eigenvalue weighted by Gasteiger charge is -2.29. The summed E-state index contributed by atoms with van der Waals surface area (Å²) < 4.78 is 0. The van der Waals surface area contributed by atoms with Gasteiger partial charge in [0.25, 0.3) is 0 Å². The van der Waals surface area contributed by atoms with Crippen molar-refractivity contribution < 1.29 is 4.79 Å². The second-order valence-electron chi connectivity index (χ2n) is 6.36. The maximum atomic E-state index is 11.8. The van der Waals surface area contributed by atoms with Crippen molar-refractivity contribution in [3.05, 3.63) is 0 Å². The van der Waals surface area contributed by atoms with E-state index in [2.05, 4.69) is 37.9 Å². The van der Waals surface area contributed by atoms with Crippen LogP contribution in [0.2, 0.25) is 0 Å². The highest BCUT2D eigenvalue weighted by atomic mass is 16.2. The van der Waals surface area contributed by atoms with Crippen LogP contribution in [0.15, 0.2) is 0 Å². The van der Waals surface area contributed by atoms with Crippen LogP contribution in [0.3, 0.4) is 0 Å². The number of nitrogens with two attached hydrogens (primary N) is 1. The second-order valence-corrected chi connectivity index (χ2v) is 6.36. The van der Waals surface area contributed by atoms with Gasteiger partial charge in [-0.05, 0) is 31.8 Å². The summed E-state index contributed by atoms with van der Waals surface area (Å²) >= 11 is 0. The van der Waals surface area contributed by atoms with Crippen molar-refractivity contribution in [2.75, 3.05) is 27.2 Å². The summed E-state index contributed by atoms with van der Waals surface area (Å²) in [6, 6.07) is -0.384. The van der Waals surface area contributed by atoms with E-state index < -0.39 is 0 Å². The molecule has 1 amide bonds. The van der Waals surface area contributed by atoms with E-state index in [1.54, 1.807) is 0 Å². The third-order valence-electron chi connectivity index (χ3n) is 2.55. The lowest BCUT2D eigenvalue weighted by Crippen LogP contribution is -2.46. The molecule has 0 heterocycles. The molecule has 1 atom stereocenters. The van der Waals surface area contributed by atoms with Gasteiger partial charge in [0.05, 0.1) is 6.04 Å². The summed E-state index contributed by atoms with van der Waals surface area (Å²) in [7, 11) is 4.07. The van der Waals surface area contributed by atoms with Gasteiger partial charge in [0.2, 0.25) is 5.91 Å². The van der Waals surface area contributed by atoms with E-state index in [4.69, 9.17) is 5.73 Å². The number of carbonyl (C=O) groups is 1. The SMILES string of the molecule is CC(C)C[C@H](N)C(=O)NCC(C)(C)CN(C)C. The Morgan fingerprint density at radius 2 is 1.88 bits per heavy atom. The van der Waals surface area contributed by atoms with Crippen LogP contribution >= 0.6 is 0 Å². The first-order valence-electron chi connectivity index (χ1n) is 6.32. The van der Waals surface area contributed by atoms with Gasteiger partial charge in [-0.2, -0.15) is 0 Å². The minimum absolute atomic E-state index is 0.0365. The van der Waals surface area contributed by atoms with Gasteiger partial charge in [0.15, 0.2) is 0 Å². The molecule has 0 bridgehead atoms. The Morgan fingerprint density at radius 3 is 2.29 bits per heavy atom. The number of carbonyl (C=O) groups excluding carboxylic acids is 1. The zero-order valence-corrected chi connectivity index (χ0v) is 12.2. The molecule has 0 spiro atoms. The van der Waals surface area contributed by atoms with Crippen molar-refractivity contribution in [2.45, 2.75) is 40.2 Å². The van der Waals surface area contributed by atoms with Crippen molar-refractivity contribution in [3.8, 4) is 0 Å². The predicted molar refractivity (Wildman–Crippen MR) is 72.8 cm³/mol. The van der Waals surface area contributed by atoms with Crippen LogP contribution in [0, 0.1) is 11.3 Å². The quantitative estimate of drug-likeness (QED) is 0.703. The molecule has 3 N–H and O–H groups in total. The third kappa shape index (κ3) is 8.16. The van der Waals surface area contributed by atoms with E-state index in [1.165, 1.54) is 0 Å². The molecule has 4 nitrogen and oxygen atoms in total. The van der Waals surface area contributed by atoms with E-state index in [0.717, 1.165) is 13.0 Å². The molecule has 17 heavy (non-hydrogen) atoms. The standard InChI is InChI=1S/C13H29N3O/c1-10(2)7-11(14)12(17)15-8-13(3,4)9-16(5)6/h10-11H,7-9,14H2,1-6H3,(H,15,17)/t11-/m0/s1. The van der Waals surface area contributed by atoms with E-state index in [1.807, 2.05) is 14.1 Å². The van der Waals surface area contributed by atoms with Crippen LogP contribution in [0.25, 0.3) is 0 Å². The maximum Gasteiger partial charge on any atom is 0.236 e. The van der Waals surface area contributed by atoms with Gasteiger partial charge < -0.3 is 16.0 Å². The second kappa shape index (κ2) is 6.97. The minimum Gasteiger partial charge on any atom is -0.354 e. The summed E-state index contributed by atoms with van der Waals surface area (Å²) in [6.45, 7) is 10.0. The average Bonchev–Trinajstić information content (AvgIpc) is 2.11. The van der Waals surface area contributed by atoms with Crippen molar-refractivity contribution in [1.29, 1.82) is 0 Å². The van der Waals surface area contributed by atoms with Crippen molar-refractivity contribution in [2.24, 2.45) is 17.1 Å². The van der Waals surface area contributed by atoms with Crippen LogP contribution in [0.4, 0.5) is 0 Å². The van der Waals surface area contributed by atoms with Crippen molar-refractivity contribution in [3.63, 3.8) is 0 Å². The molecule has 0 aliphatic carbocycles. The van der Waals surface area contributed by atoms with Gasteiger partial charge in [-0.15, -0.1) is 0 Å². The number of nitrogens with zero attached hydrogens (tertiary/aromatic N) is 1. The van der Waals surface area contributed by atoms with Gasteiger partial charge in [-0.1, -0.05) is 27.7 Å². The summed E-state index contributed by atoms with van der Waals surface area (Å²) in [4.78, 5) is 13.9. The first-order valence-corrected chi connectivity index (χ1v) is 6.32. The molecule has 0 aromatic rings. The number of hydrogen-bond acceptors (Lipinski definition) is 3. The Balaban J connectivity index is 4.06. The van der Waals surface area contributed by atoms with Crippen LogP contribution in [-0.4, -0.2) is 44.0 Å². The molecule has 0 aliphatic heterocycles. The predicted octanol–water partition coefficient (Wildman–Crippen LogP) is 1.06. The molecule has 0 fully saturated rings. The first-order chi connectivity index (χ1) is 7.64. The number of rotatable bonds is 7. The maximum absolute atomic E-state index is 11.8. The third-order valence-corrected chi connectivity index (χ3v) is 2.55. The normalized spacial score (nSPS) is 14.2. The fourth-order valence-corrected chi connectivity index (χ4v) is 1.98. The van der Waals surface area contributed by atoms with Crippen LogP contribution in [0.1, 0.15) is 34.1 Å². The highest BCUT2D eigenvalue weighted by Crippen LogP contribution is 2.14. The van der Waals surface area contributed by atoms with E-state index in [-0.39, 0.29) is 17.4 Å². The Bertz CT molecular complexity index is 237. The molecule has 0 aliphatic rings. The molecule has 0 radical (unpaired) electrons. The Kier molecular flexibility index (Phi) is 6.72. The van der Waals surface area contributed by atoms with Gasteiger partial charge in [0.1, 0.15) is 0 Å². The monoisotopic (exact) mass is 243 g/mol. The molecular formula is C13H29N3O. The number of hydrogen-bond donors (Lipinski definition) is 2. The highest BCUT2D eigenvalue weighted by Gasteiger charge is 2.22. The van der Waals surface area contributed by atoms with Crippen LogP contribution < -0.4 is 11.1 Å². The van der Waals surface area contributed by atoms with E-state index in [9.17, 15) is 4.79 Å². The molecule has 0 unspecified atom stereocenters. The largest absolute Gasteiger partial charge is 0.354 e. The highest BCUT2D eigenvalue weighted by molar-refractivity contribution is 5.81. The fourth-order valence-electron chi connectivity index (χ4n) is 1.98. The van der Waals surface area contributed by atoms with Gasteiger partial charge in [-0.3, -0.25) is 4.79 Å². The first kappa shape index (κ1) is 16.4. The zero-order valence-electron chi connectivity index (χ0n) is 12.2. The molecule has 0 saturated heterocycles. The summed E-state index contributed by atoms with van der Waals surface area (Å²) in [5.74, 6) is 0.413. The smallest absolute Gasteiger partial charge is 0.236 e. The molecule has 102 valence electrons. The molecule has 0 aromatic heterocycles. The number of nitrogens with one attached hydrogen (secondary N) is 1. The zero-order chi connectivity index (χ0) is 13.6. The average molecular weight is 243 g/mol. The van der Waals surface area contributed by atoms with Crippen LogP contribution in [-0.2, 0) is 4.79 Å². The Hall–Kier alpha value is -0.610. The topological polar surface area (TPSA) is 58.4 Å². The van der Waals surface area contributed by atoms with Gasteiger partial charge >= 0.3 is 0 Å².